The minimum Gasteiger partial charge on any atom is -0.338 e. The summed E-state index contributed by atoms with van der Waals surface area (Å²) in [6.45, 7) is 1.20. The van der Waals surface area contributed by atoms with Gasteiger partial charge in [0.25, 0.3) is 0 Å². The van der Waals surface area contributed by atoms with Crippen molar-refractivity contribution in [3.63, 3.8) is 0 Å². The van der Waals surface area contributed by atoms with Gasteiger partial charge in [-0.1, -0.05) is 35.5 Å². The second-order valence-electron chi connectivity index (χ2n) is 4.82. The molecule has 0 spiro atoms. The highest BCUT2D eigenvalue weighted by atomic mass is 16.5. The first kappa shape index (κ1) is 13.5. The molecule has 21 heavy (non-hydrogen) atoms. The molecule has 0 aliphatic heterocycles. The molecule has 1 N–H and O–H groups in total. The average Bonchev–Trinajstić information content (AvgIpc) is 3.10. The first-order valence-electron chi connectivity index (χ1n) is 6.83. The topological polar surface area (TPSA) is 68.8 Å². The molecular weight excluding hydrogens is 266 g/mol. The molecule has 108 valence electrons. The molecule has 1 aromatic carbocycles. The van der Waals surface area contributed by atoms with Crippen LogP contribution in [-0.4, -0.2) is 19.7 Å². The Morgan fingerprint density at radius 1 is 1.19 bits per heavy atom. The second-order valence-corrected chi connectivity index (χ2v) is 4.82. The summed E-state index contributed by atoms with van der Waals surface area (Å²) in [7, 11) is 1.97. The van der Waals surface area contributed by atoms with Gasteiger partial charge in [0, 0.05) is 25.9 Å². The molecule has 0 bridgehead atoms. The van der Waals surface area contributed by atoms with Crippen LogP contribution in [0.25, 0.3) is 0 Å². The molecule has 3 rings (SSSR count). The Bertz CT molecular complexity index is 689. The van der Waals surface area contributed by atoms with E-state index in [0.29, 0.717) is 31.2 Å². The zero-order valence-electron chi connectivity index (χ0n) is 11.9. The maximum atomic E-state index is 5.24. The number of nitrogens with one attached hydrogen (secondary N) is 1. The third-order valence-corrected chi connectivity index (χ3v) is 3.20. The van der Waals surface area contributed by atoms with Gasteiger partial charge in [0.05, 0.1) is 13.1 Å². The SMILES string of the molecule is Cn1ccnc1CNCc1nc(Cc2ccccc2)no1. The predicted octanol–water partition coefficient (Wildman–Crippen LogP) is 1.68. The van der Waals surface area contributed by atoms with Gasteiger partial charge in [-0.25, -0.2) is 4.98 Å². The van der Waals surface area contributed by atoms with E-state index in [2.05, 4.69) is 32.6 Å². The highest BCUT2D eigenvalue weighted by molar-refractivity contribution is 5.18. The molecule has 0 saturated heterocycles. The van der Waals surface area contributed by atoms with E-state index >= 15 is 0 Å². The van der Waals surface area contributed by atoms with E-state index in [1.807, 2.05) is 36.0 Å². The molecule has 2 aromatic heterocycles. The standard InChI is InChI=1S/C15H17N5O/c1-20-8-7-17-14(20)10-16-11-15-18-13(19-21-15)9-12-5-3-2-4-6-12/h2-8,16H,9-11H2,1H3. The minimum absolute atomic E-state index is 0.536. The van der Waals surface area contributed by atoms with Crippen LogP contribution in [0.2, 0.25) is 0 Å². The summed E-state index contributed by atoms with van der Waals surface area (Å²) in [5.74, 6) is 2.27. The van der Waals surface area contributed by atoms with E-state index in [1.54, 1.807) is 6.20 Å². The molecule has 0 fully saturated rings. The van der Waals surface area contributed by atoms with Crippen molar-refractivity contribution in [3.05, 3.63) is 65.8 Å². The first-order chi connectivity index (χ1) is 10.3. The predicted molar refractivity (Wildman–Crippen MR) is 77.3 cm³/mol. The lowest BCUT2D eigenvalue weighted by molar-refractivity contribution is 0.362. The second kappa shape index (κ2) is 6.32. The van der Waals surface area contributed by atoms with Crippen LogP contribution < -0.4 is 5.32 Å². The first-order valence-corrected chi connectivity index (χ1v) is 6.83. The van der Waals surface area contributed by atoms with Crippen molar-refractivity contribution < 1.29 is 4.52 Å². The van der Waals surface area contributed by atoms with Gasteiger partial charge in [0.1, 0.15) is 5.82 Å². The molecule has 2 heterocycles. The van der Waals surface area contributed by atoms with Gasteiger partial charge in [0.2, 0.25) is 5.89 Å². The average molecular weight is 283 g/mol. The number of benzene rings is 1. The van der Waals surface area contributed by atoms with Crippen molar-refractivity contribution >= 4 is 0 Å². The molecule has 0 saturated carbocycles. The van der Waals surface area contributed by atoms with Crippen molar-refractivity contribution in [1.29, 1.82) is 0 Å². The van der Waals surface area contributed by atoms with Gasteiger partial charge in [0.15, 0.2) is 5.82 Å². The van der Waals surface area contributed by atoms with Gasteiger partial charge >= 0.3 is 0 Å². The van der Waals surface area contributed by atoms with Crippen molar-refractivity contribution in [2.75, 3.05) is 0 Å². The quantitative estimate of drug-likeness (QED) is 0.745. The number of imidazole rings is 1. The summed E-state index contributed by atoms with van der Waals surface area (Å²) in [6, 6.07) is 10.1. The van der Waals surface area contributed by atoms with Gasteiger partial charge in [-0.05, 0) is 5.56 Å². The highest BCUT2D eigenvalue weighted by Gasteiger charge is 2.07. The summed E-state index contributed by atoms with van der Waals surface area (Å²) >= 11 is 0. The lowest BCUT2D eigenvalue weighted by atomic mass is 10.1. The third-order valence-electron chi connectivity index (χ3n) is 3.20. The van der Waals surface area contributed by atoms with Crippen LogP contribution in [0.5, 0.6) is 0 Å². The molecule has 0 amide bonds. The number of nitrogens with zero attached hydrogens (tertiary/aromatic N) is 4. The normalized spacial score (nSPS) is 10.9. The van der Waals surface area contributed by atoms with Crippen LogP contribution >= 0.6 is 0 Å². The number of rotatable bonds is 6. The van der Waals surface area contributed by atoms with Crippen molar-refractivity contribution in [3.8, 4) is 0 Å². The lowest BCUT2D eigenvalue weighted by Gasteiger charge is -2.01. The van der Waals surface area contributed by atoms with Crippen LogP contribution in [0.15, 0.2) is 47.2 Å². The summed E-state index contributed by atoms with van der Waals surface area (Å²) in [4.78, 5) is 8.62. The summed E-state index contributed by atoms with van der Waals surface area (Å²) in [6.07, 6.45) is 4.38. The Hall–Kier alpha value is -2.47. The van der Waals surface area contributed by atoms with Gasteiger partial charge < -0.3 is 14.4 Å². The number of hydrogen-bond donors (Lipinski definition) is 1. The fourth-order valence-corrected chi connectivity index (χ4v) is 2.06. The summed E-state index contributed by atoms with van der Waals surface area (Å²) < 4.78 is 7.21. The summed E-state index contributed by atoms with van der Waals surface area (Å²) in [5.41, 5.74) is 1.17. The van der Waals surface area contributed by atoms with E-state index in [9.17, 15) is 0 Å². The zero-order valence-corrected chi connectivity index (χ0v) is 11.9. The molecule has 6 nitrogen and oxygen atoms in total. The van der Waals surface area contributed by atoms with Crippen LogP contribution in [0.3, 0.4) is 0 Å². The van der Waals surface area contributed by atoms with E-state index in [4.69, 9.17) is 4.52 Å². The molecule has 3 aromatic rings. The smallest absolute Gasteiger partial charge is 0.240 e. The molecule has 0 aliphatic carbocycles. The molecule has 0 radical (unpaired) electrons. The summed E-state index contributed by atoms with van der Waals surface area (Å²) in [5, 5.41) is 7.24. The van der Waals surface area contributed by atoms with E-state index < -0.39 is 0 Å². The van der Waals surface area contributed by atoms with Gasteiger partial charge in [-0.15, -0.1) is 0 Å². The maximum absolute atomic E-state index is 5.24. The number of aryl methyl sites for hydroxylation is 1. The van der Waals surface area contributed by atoms with Gasteiger partial charge in [-0.3, -0.25) is 0 Å². The molecule has 0 unspecified atom stereocenters. The lowest BCUT2D eigenvalue weighted by Crippen LogP contribution is -2.15. The van der Waals surface area contributed by atoms with Gasteiger partial charge in [-0.2, -0.15) is 4.98 Å². The molecule has 0 aliphatic rings. The van der Waals surface area contributed by atoms with E-state index in [0.717, 1.165) is 5.82 Å². The number of hydrogen-bond acceptors (Lipinski definition) is 5. The van der Waals surface area contributed by atoms with Crippen molar-refractivity contribution in [2.24, 2.45) is 7.05 Å². The zero-order chi connectivity index (χ0) is 14.5. The van der Waals surface area contributed by atoms with Crippen LogP contribution in [0, 0.1) is 0 Å². The van der Waals surface area contributed by atoms with Crippen molar-refractivity contribution in [1.82, 2.24) is 25.0 Å². The molecule has 0 atom stereocenters. The van der Waals surface area contributed by atoms with E-state index in [-0.39, 0.29) is 0 Å². The Morgan fingerprint density at radius 2 is 2.05 bits per heavy atom. The number of aromatic nitrogens is 4. The fourth-order valence-electron chi connectivity index (χ4n) is 2.06. The van der Waals surface area contributed by atoms with Crippen LogP contribution in [0.1, 0.15) is 23.1 Å². The minimum atomic E-state index is 0.536. The highest BCUT2D eigenvalue weighted by Crippen LogP contribution is 2.06. The maximum Gasteiger partial charge on any atom is 0.240 e. The fraction of sp³-hybridized carbons (Fsp3) is 0.267. The Labute approximate surface area is 122 Å². The van der Waals surface area contributed by atoms with Crippen LogP contribution in [0.4, 0.5) is 0 Å². The van der Waals surface area contributed by atoms with Crippen molar-refractivity contribution in [2.45, 2.75) is 19.5 Å². The largest absolute Gasteiger partial charge is 0.338 e. The monoisotopic (exact) mass is 283 g/mol. The Morgan fingerprint density at radius 3 is 2.81 bits per heavy atom. The van der Waals surface area contributed by atoms with E-state index in [1.165, 1.54) is 5.56 Å². The third kappa shape index (κ3) is 3.55. The van der Waals surface area contributed by atoms with Crippen LogP contribution in [-0.2, 0) is 26.6 Å². The Balaban J connectivity index is 1.52. The molecular formula is C15H17N5O. The molecule has 6 heteroatoms. The Kier molecular flexibility index (Phi) is 4.07.